The van der Waals surface area contributed by atoms with Crippen molar-refractivity contribution in [1.82, 2.24) is 4.72 Å². The lowest BCUT2D eigenvalue weighted by Crippen LogP contribution is -2.35. The third kappa shape index (κ3) is 5.00. The van der Waals surface area contributed by atoms with Crippen molar-refractivity contribution in [2.45, 2.75) is 30.2 Å². The van der Waals surface area contributed by atoms with Gasteiger partial charge in [-0.05, 0) is 61.4 Å². The Kier molecular flexibility index (Phi) is 6.06. The standard InChI is InChI=1S/C21H23N3O6S2/c25-20-2-1-12-24(20)18-7-3-15(4-8-18)21(26)22-16-5-9-19(10-6-16)32(29,30)23-17-11-13-31(27,28)14-17/h3-10,17,23H,1-2,11-14H2,(H,22,26)/t17-/m1/s1. The van der Waals surface area contributed by atoms with Gasteiger partial charge in [0, 0.05) is 35.9 Å². The van der Waals surface area contributed by atoms with Gasteiger partial charge in [-0.3, -0.25) is 9.59 Å². The van der Waals surface area contributed by atoms with Gasteiger partial charge in [0.05, 0.1) is 16.4 Å². The van der Waals surface area contributed by atoms with Gasteiger partial charge in [-0.2, -0.15) is 0 Å². The average Bonchev–Trinajstić information content (AvgIpc) is 3.32. The molecule has 0 unspecified atom stereocenters. The van der Waals surface area contributed by atoms with Crippen molar-refractivity contribution < 1.29 is 26.4 Å². The molecule has 2 N–H and O–H groups in total. The van der Waals surface area contributed by atoms with E-state index in [9.17, 15) is 26.4 Å². The quantitative estimate of drug-likeness (QED) is 0.649. The van der Waals surface area contributed by atoms with Gasteiger partial charge in [-0.25, -0.2) is 21.6 Å². The van der Waals surface area contributed by atoms with Crippen LogP contribution in [0.5, 0.6) is 0 Å². The summed E-state index contributed by atoms with van der Waals surface area (Å²) < 4.78 is 50.5. The summed E-state index contributed by atoms with van der Waals surface area (Å²) in [5, 5.41) is 2.70. The Labute approximate surface area is 186 Å². The van der Waals surface area contributed by atoms with E-state index in [0.29, 0.717) is 24.2 Å². The molecule has 11 heteroatoms. The van der Waals surface area contributed by atoms with Crippen LogP contribution in [-0.4, -0.2) is 52.7 Å². The molecule has 0 aliphatic carbocycles. The maximum Gasteiger partial charge on any atom is 0.255 e. The summed E-state index contributed by atoms with van der Waals surface area (Å²) in [7, 11) is -7.07. The van der Waals surface area contributed by atoms with Crippen molar-refractivity contribution in [3.05, 3.63) is 54.1 Å². The van der Waals surface area contributed by atoms with E-state index in [-0.39, 0.29) is 34.6 Å². The maximum atomic E-state index is 12.5. The minimum atomic E-state index is -3.87. The molecule has 2 amide bonds. The second-order valence-corrected chi connectivity index (χ2v) is 11.8. The summed E-state index contributed by atoms with van der Waals surface area (Å²) >= 11 is 0. The van der Waals surface area contributed by atoms with E-state index < -0.39 is 25.9 Å². The van der Waals surface area contributed by atoms with E-state index in [2.05, 4.69) is 10.0 Å². The number of amides is 2. The van der Waals surface area contributed by atoms with E-state index >= 15 is 0 Å². The van der Waals surface area contributed by atoms with Crippen molar-refractivity contribution >= 4 is 43.0 Å². The van der Waals surface area contributed by atoms with Gasteiger partial charge >= 0.3 is 0 Å². The molecule has 9 nitrogen and oxygen atoms in total. The molecule has 32 heavy (non-hydrogen) atoms. The zero-order valence-corrected chi connectivity index (χ0v) is 18.8. The zero-order valence-electron chi connectivity index (χ0n) is 17.2. The number of carbonyl (C=O) groups excluding carboxylic acids is 2. The molecule has 2 heterocycles. The van der Waals surface area contributed by atoms with Crippen molar-refractivity contribution in [2.75, 3.05) is 28.3 Å². The van der Waals surface area contributed by atoms with Gasteiger partial charge in [0.2, 0.25) is 15.9 Å². The zero-order chi connectivity index (χ0) is 22.9. The summed E-state index contributed by atoms with van der Waals surface area (Å²) in [6.45, 7) is 0.672. The van der Waals surface area contributed by atoms with Gasteiger partial charge in [0.1, 0.15) is 0 Å². The molecule has 170 valence electrons. The summed E-state index contributed by atoms with van der Waals surface area (Å²) in [6.07, 6.45) is 1.60. The predicted molar refractivity (Wildman–Crippen MR) is 120 cm³/mol. The molecule has 0 aromatic heterocycles. The second kappa shape index (κ2) is 8.64. The Hall–Kier alpha value is -2.76. The normalized spacial score (nSPS) is 20.4. The van der Waals surface area contributed by atoms with Crippen molar-refractivity contribution in [2.24, 2.45) is 0 Å². The highest BCUT2D eigenvalue weighted by Crippen LogP contribution is 2.22. The molecule has 2 fully saturated rings. The molecule has 2 aromatic carbocycles. The number of nitrogens with one attached hydrogen (secondary N) is 2. The average molecular weight is 478 g/mol. The molecular weight excluding hydrogens is 454 g/mol. The molecule has 2 aliphatic heterocycles. The Bertz CT molecular complexity index is 1240. The number of sulfone groups is 1. The molecule has 2 saturated heterocycles. The lowest BCUT2D eigenvalue weighted by atomic mass is 10.1. The fraction of sp³-hybridized carbons (Fsp3) is 0.333. The summed E-state index contributed by atoms with van der Waals surface area (Å²) in [5.41, 5.74) is 1.57. The van der Waals surface area contributed by atoms with E-state index in [1.807, 2.05) is 0 Å². The molecule has 2 aromatic rings. The highest BCUT2D eigenvalue weighted by molar-refractivity contribution is 7.92. The molecule has 1 atom stereocenters. The van der Waals surface area contributed by atoms with Crippen LogP contribution in [0.4, 0.5) is 11.4 Å². The number of benzene rings is 2. The summed E-state index contributed by atoms with van der Waals surface area (Å²) in [5.74, 6) is -0.526. The van der Waals surface area contributed by atoms with E-state index in [4.69, 9.17) is 0 Å². The minimum absolute atomic E-state index is 0.0144. The van der Waals surface area contributed by atoms with Crippen molar-refractivity contribution in [3.63, 3.8) is 0 Å². The molecule has 0 bridgehead atoms. The molecule has 0 spiro atoms. The molecule has 0 saturated carbocycles. The highest BCUT2D eigenvalue weighted by Gasteiger charge is 2.31. The third-order valence-corrected chi connectivity index (χ3v) is 8.80. The van der Waals surface area contributed by atoms with Gasteiger partial charge in [-0.15, -0.1) is 0 Å². The van der Waals surface area contributed by atoms with Crippen LogP contribution in [0.25, 0.3) is 0 Å². The van der Waals surface area contributed by atoms with Crippen LogP contribution in [0.15, 0.2) is 53.4 Å². The van der Waals surface area contributed by atoms with Crippen molar-refractivity contribution in [3.8, 4) is 0 Å². The first kappa shape index (κ1) is 22.4. The molecular formula is C21H23N3O6S2. The number of hydrogen-bond donors (Lipinski definition) is 2. The number of rotatable bonds is 6. The van der Waals surface area contributed by atoms with Crippen LogP contribution < -0.4 is 14.9 Å². The number of carbonyl (C=O) groups is 2. The van der Waals surface area contributed by atoms with Crippen LogP contribution in [0.2, 0.25) is 0 Å². The maximum absolute atomic E-state index is 12.5. The first-order valence-electron chi connectivity index (χ1n) is 10.2. The fourth-order valence-corrected chi connectivity index (χ4v) is 6.86. The smallest absolute Gasteiger partial charge is 0.255 e. The van der Waals surface area contributed by atoms with E-state index in [1.165, 1.54) is 24.3 Å². The van der Waals surface area contributed by atoms with Crippen LogP contribution in [0.3, 0.4) is 0 Å². The topological polar surface area (TPSA) is 130 Å². The van der Waals surface area contributed by atoms with Crippen LogP contribution >= 0.6 is 0 Å². The number of nitrogens with zero attached hydrogens (tertiary/aromatic N) is 1. The highest BCUT2D eigenvalue weighted by atomic mass is 32.2. The lowest BCUT2D eigenvalue weighted by Gasteiger charge is -2.16. The molecule has 0 radical (unpaired) electrons. The van der Waals surface area contributed by atoms with E-state index in [1.54, 1.807) is 29.2 Å². The van der Waals surface area contributed by atoms with Gasteiger partial charge in [0.15, 0.2) is 9.84 Å². The van der Waals surface area contributed by atoms with Crippen molar-refractivity contribution in [1.29, 1.82) is 0 Å². The van der Waals surface area contributed by atoms with E-state index in [0.717, 1.165) is 12.1 Å². The summed E-state index contributed by atoms with van der Waals surface area (Å²) in [4.78, 5) is 26.0. The fourth-order valence-electron chi connectivity index (χ4n) is 3.81. The first-order chi connectivity index (χ1) is 15.1. The lowest BCUT2D eigenvalue weighted by molar-refractivity contribution is -0.117. The number of hydrogen-bond acceptors (Lipinski definition) is 6. The van der Waals surface area contributed by atoms with Gasteiger partial charge < -0.3 is 10.2 Å². The Morgan fingerprint density at radius 3 is 2.28 bits per heavy atom. The number of sulfonamides is 1. The first-order valence-corrected chi connectivity index (χ1v) is 13.5. The third-order valence-electron chi connectivity index (χ3n) is 5.49. The second-order valence-electron chi connectivity index (χ2n) is 7.90. The van der Waals surface area contributed by atoms with Crippen LogP contribution in [0, 0.1) is 0 Å². The number of anilines is 2. The van der Waals surface area contributed by atoms with Gasteiger partial charge in [-0.1, -0.05) is 0 Å². The Morgan fingerprint density at radius 1 is 1.03 bits per heavy atom. The Morgan fingerprint density at radius 2 is 1.72 bits per heavy atom. The van der Waals surface area contributed by atoms with Gasteiger partial charge in [0.25, 0.3) is 5.91 Å². The summed E-state index contributed by atoms with van der Waals surface area (Å²) in [6, 6.07) is 11.7. The Balaban J connectivity index is 1.39. The molecule has 2 aliphatic rings. The SMILES string of the molecule is O=C(Nc1ccc(S(=O)(=O)N[C@@H]2CCS(=O)(=O)C2)cc1)c1ccc(N2CCCC2=O)cc1. The minimum Gasteiger partial charge on any atom is -0.322 e. The largest absolute Gasteiger partial charge is 0.322 e. The predicted octanol–water partition coefficient (Wildman–Crippen LogP) is 1.53. The van der Waals surface area contributed by atoms with Crippen LogP contribution in [0.1, 0.15) is 29.6 Å². The van der Waals surface area contributed by atoms with Crippen LogP contribution in [-0.2, 0) is 24.7 Å². The molecule has 4 rings (SSSR count). The monoisotopic (exact) mass is 477 g/mol.